The standard InChI is InChI=1S/C18H21N3O4S/c1-14-12-16(21(22)23)8-9-18(14)26(24,25)20-11-10-19(2)13-17(20)15-6-4-3-5-7-15/h3-9,12,17H,10-11,13H2,1-2H3. The third kappa shape index (κ3) is 3.48. The average Bonchev–Trinajstić information content (AvgIpc) is 2.61. The van der Waals surface area contributed by atoms with E-state index in [1.165, 1.54) is 22.5 Å². The van der Waals surface area contributed by atoms with Crippen LogP contribution in [0.15, 0.2) is 53.4 Å². The lowest BCUT2D eigenvalue weighted by Crippen LogP contribution is -2.49. The highest BCUT2D eigenvalue weighted by Gasteiger charge is 2.37. The van der Waals surface area contributed by atoms with E-state index in [-0.39, 0.29) is 16.6 Å². The van der Waals surface area contributed by atoms with Crippen LogP contribution in [0.5, 0.6) is 0 Å². The van der Waals surface area contributed by atoms with E-state index in [1.807, 2.05) is 37.4 Å². The molecule has 0 aromatic heterocycles. The van der Waals surface area contributed by atoms with Gasteiger partial charge in [0.1, 0.15) is 0 Å². The van der Waals surface area contributed by atoms with Gasteiger partial charge in [0.2, 0.25) is 10.0 Å². The van der Waals surface area contributed by atoms with Gasteiger partial charge in [-0.3, -0.25) is 10.1 Å². The van der Waals surface area contributed by atoms with Crippen LogP contribution in [0, 0.1) is 17.0 Å². The van der Waals surface area contributed by atoms with E-state index >= 15 is 0 Å². The number of non-ortho nitro benzene ring substituents is 1. The maximum Gasteiger partial charge on any atom is 0.269 e. The van der Waals surface area contributed by atoms with Crippen molar-refractivity contribution in [1.82, 2.24) is 9.21 Å². The highest BCUT2D eigenvalue weighted by Crippen LogP contribution is 2.32. The summed E-state index contributed by atoms with van der Waals surface area (Å²) < 4.78 is 28.1. The van der Waals surface area contributed by atoms with Gasteiger partial charge in [-0.25, -0.2) is 8.42 Å². The second-order valence-corrected chi connectivity index (χ2v) is 8.37. The minimum absolute atomic E-state index is 0.112. The van der Waals surface area contributed by atoms with Crippen molar-refractivity contribution in [2.45, 2.75) is 17.9 Å². The predicted molar refractivity (Wildman–Crippen MR) is 98.4 cm³/mol. The number of benzene rings is 2. The molecule has 1 unspecified atom stereocenters. The normalized spacial score (nSPS) is 19.4. The summed E-state index contributed by atoms with van der Waals surface area (Å²) in [6.07, 6.45) is 0. The van der Waals surface area contributed by atoms with E-state index in [1.54, 1.807) is 6.92 Å². The topological polar surface area (TPSA) is 83.8 Å². The van der Waals surface area contributed by atoms with Crippen molar-refractivity contribution in [3.05, 3.63) is 69.8 Å². The van der Waals surface area contributed by atoms with E-state index in [4.69, 9.17) is 0 Å². The number of nitrogens with zero attached hydrogens (tertiary/aromatic N) is 3. The molecule has 1 aliphatic heterocycles. The fourth-order valence-electron chi connectivity index (χ4n) is 3.30. The van der Waals surface area contributed by atoms with Crippen LogP contribution in [0.2, 0.25) is 0 Å². The Balaban J connectivity index is 2.03. The number of nitro groups is 1. The smallest absolute Gasteiger partial charge is 0.269 e. The molecule has 1 atom stereocenters. The molecule has 3 rings (SSSR count). The van der Waals surface area contributed by atoms with Crippen molar-refractivity contribution in [3.8, 4) is 0 Å². The van der Waals surface area contributed by atoms with Crippen molar-refractivity contribution in [1.29, 1.82) is 0 Å². The summed E-state index contributed by atoms with van der Waals surface area (Å²) in [4.78, 5) is 12.6. The number of nitro benzene ring substituents is 1. The first-order valence-corrected chi connectivity index (χ1v) is 9.75. The molecule has 1 saturated heterocycles. The Labute approximate surface area is 153 Å². The highest BCUT2D eigenvalue weighted by molar-refractivity contribution is 7.89. The molecule has 2 aromatic rings. The fourth-order valence-corrected chi connectivity index (χ4v) is 5.10. The van der Waals surface area contributed by atoms with E-state index in [0.29, 0.717) is 25.2 Å². The van der Waals surface area contributed by atoms with Crippen molar-refractivity contribution >= 4 is 15.7 Å². The molecule has 138 valence electrons. The van der Waals surface area contributed by atoms with Crippen LogP contribution in [-0.2, 0) is 10.0 Å². The second kappa shape index (κ2) is 7.14. The molecule has 0 spiro atoms. The third-order valence-corrected chi connectivity index (χ3v) is 6.74. The summed E-state index contributed by atoms with van der Waals surface area (Å²) in [6, 6.07) is 13.1. The van der Waals surface area contributed by atoms with Gasteiger partial charge in [0, 0.05) is 31.8 Å². The van der Waals surface area contributed by atoms with Gasteiger partial charge in [0.05, 0.1) is 15.9 Å². The zero-order valence-corrected chi connectivity index (χ0v) is 15.5. The van der Waals surface area contributed by atoms with Crippen LogP contribution >= 0.6 is 0 Å². The molecule has 2 aromatic carbocycles. The van der Waals surface area contributed by atoms with Crippen molar-refractivity contribution < 1.29 is 13.3 Å². The van der Waals surface area contributed by atoms with Gasteiger partial charge >= 0.3 is 0 Å². The summed E-state index contributed by atoms with van der Waals surface area (Å²) >= 11 is 0. The number of hydrogen-bond acceptors (Lipinski definition) is 5. The zero-order chi connectivity index (χ0) is 18.9. The molecule has 1 fully saturated rings. The van der Waals surface area contributed by atoms with Crippen LogP contribution in [0.3, 0.4) is 0 Å². The molecule has 26 heavy (non-hydrogen) atoms. The van der Waals surface area contributed by atoms with Gasteiger partial charge in [-0.15, -0.1) is 0 Å². The Morgan fingerprint density at radius 2 is 1.81 bits per heavy atom. The number of hydrogen-bond donors (Lipinski definition) is 0. The highest BCUT2D eigenvalue weighted by atomic mass is 32.2. The van der Waals surface area contributed by atoms with E-state index in [9.17, 15) is 18.5 Å². The molecular weight excluding hydrogens is 354 g/mol. The molecule has 0 N–H and O–H groups in total. The van der Waals surface area contributed by atoms with E-state index < -0.39 is 14.9 Å². The molecule has 1 heterocycles. The quantitative estimate of drug-likeness (QED) is 0.606. The van der Waals surface area contributed by atoms with Gasteiger partial charge in [-0.2, -0.15) is 4.31 Å². The number of sulfonamides is 1. The molecule has 0 aliphatic carbocycles. The summed E-state index contributed by atoms with van der Waals surface area (Å²) in [7, 11) is -1.80. The van der Waals surface area contributed by atoms with Crippen LogP contribution in [0.25, 0.3) is 0 Å². The molecular formula is C18H21N3O4S. The lowest BCUT2D eigenvalue weighted by Gasteiger charge is -2.39. The van der Waals surface area contributed by atoms with Crippen LogP contribution in [-0.4, -0.2) is 49.2 Å². The Morgan fingerprint density at radius 1 is 1.12 bits per heavy atom. The molecule has 0 amide bonds. The molecule has 0 saturated carbocycles. The SMILES string of the molecule is Cc1cc([N+](=O)[O-])ccc1S(=O)(=O)N1CCN(C)CC1c1ccccc1. The van der Waals surface area contributed by atoms with Gasteiger partial charge in [0.25, 0.3) is 5.69 Å². The van der Waals surface area contributed by atoms with Crippen LogP contribution in [0.4, 0.5) is 5.69 Å². The maximum atomic E-state index is 13.3. The molecule has 8 heteroatoms. The van der Waals surface area contributed by atoms with Crippen molar-refractivity contribution in [2.75, 3.05) is 26.7 Å². The maximum absolute atomic E-state index is 13.3. The summed E-state index contributed by atoms with van der Waals surface area (Å²) in [5.41, 5.74) is 1.20. The van der Waals surface area contributed by atoms with Gasteiger partial charge in [-0.05, 0) is 31.2 Å². The predicted octanol–water partition coefficient (Wildman–Crippen LogP) is 2.58. The number of likely N-dealkylation sites (N-methyl/N-ethyl adjacent to an activating group) is 1. The Bertz CT molecular complexity index is 915. The second-order valence-electron chi connectivity index (χ2n) is 6.51. The Morgan fingerprint density at radius 3 is 2.42 bits per heavy atom. The summed E-state index contributed by atoms with van der Waals surface area (Å²) in [5, 5.41) is 10.9. The Kier molecular flexibility index (Phi) is 5.08. The monoisotopic (exact) mass is 375 g/mol. The van der Waals surface area contributed by atoms with Crippen LogP contribution < -0.4 is 0 Å². The fraction of sp³-hybridized carbons (Fsp3) is 0.333. The van der Waals surface area contributed by atoms with Gasteiger partial charge in [0.15, 0.2) is 0 Å². The average molecular weight is 375 g/mol. The molecule has 0 radical (unpaired) electrons. The lowest BCUT2D eigenvalue weighted by molar-refractivity contribution is -0.385. The first kappa shape index (κ1) is 18.5. The minimum atomic E-state index is -3.77. The van der Waals surface area contributed by atoms with Gasteiger partial charge < -0.3 is 4.90 Å². The van der Waals surface area contributed by atoms with Crippen molar-refractivity contribution in [3.63, 3.8) is 0 Å². The summed E-state index contributed by atoms with van der Waals surface area (Å²) in [5.74, 6) is 0. The third-order valence-electron chi connectivity index (χ3n) is 4.67. The lowest BCUT2D eigenvalue weighted by atomic mass is 10.1. The Hall–Kier alpha value is -2.29. The summed E-state index contributed by atoms with van der Waals surface area (Å²) in [6.45, 7) is 3.19. The zero-order valence-electron chi connectivity index (χ0n) is 14.7. The number of aryl methyl sites for hydroxylation is 1. The molecule has 0 bridgehead atoms. The largest absolute Gasteiger partial charge is 0.303 e. The van der Waals surface area contributed by atoms with Crippen molar-refractivity contribution in [2.24, 2.45) is 0 Å². The molecule has 7 nitrogen and oxygen atoms in total. The van der Waals surface area contributed by atoms with E-state index in [2.05, 4.69) is 4.90 Å². The number of piperazine rings is 1. The molecule has 1 aliphatic rings. The number of rotatable bonds is 4. The minimum Gasteiger partial charge on any atom is -0.303 e. The van der Waals surface area contributed by atoms with Gasteiger partial charge in [-0.1, -0.05) is 30.3 Å². The first-order chi connectivity index (χ1) is 12.3. The van der Waals surface area contributed by atoms with E-state index in [0.717, 1.165) is 5.56 Å². The first-order valence-electron chi connectivity index (χ1n) is 8.31. The van der Waals surface area contributed by atoms with Crippen LogP contribution in [0.1, 0.15) is 17.2 Å².